The van der Waals surface area contributed by atoms with Gasteiger partial charge in [0.25, 0.3) is 0 Å². The Bertz CT molecular complexity index is 671. The molecule has 0 amide bonds. The van der Waals surface area contributed by atoms with Gasteiger partial charge in [0.15, 0.2) is 0 Å². The molecule has 0 spiro atoms. The number of hydrogen-bond donors (Lipinski definition) is 1. The number of nitrogens with one attached hydrogen (secondary N) is 1. The van der Waals surface area contributed by atoms with Crippen molar-refractivity contribution >= 4 is 17.3 Å². The Morgan fingerprint density at radius 1 is 1.04 bits per heavy atom. The molecule has 2 heterocycles. The molecule has 2 aromatic rings. The number of aromatic amines is 1. The van der Waals surface area contributed by atoms with Gasteiger partial charge in [0.2, 0.25) is 0 Å². The van der Waals surface area contributed by atoms with Crippen molar-refractivity contribution < 1.29 is 0 Å². The van der Waals surface area contributed by atoms with E-state index in [0.717, 1.165) is 37.6 Å². The number of halogens is 1. The molecule has 1 fully saturated rings. The zero-order chi connectivity index (χ0) is 16.4. The number of anilines is 1. The standard InChI is InChI=1S/C19H25ClN4/c20-15-6-8-16(9-7-15)24-13-11-23(12-14-24)10-2-5-19-17-3-1-4-18(17)21-22-19/h6-9H,1-5,10-14H2,(H,21,22). The normalized spacial score (nSPS) is 18.1. The third kappa shape index (κ3) is 3.45. The molecule has 1 saturated heterocycles. The molecular weight excluding hydrogens is 320 g/mol. The Kier molecular flexibility index (Phi) is 4.76. The molecule has 1 N–H and O–H groups in total. The second-order valence-corrected chi connectivity index (χ2v) is 7.33. The van der Waals surface area contributed by atoms with Crippen molar-refractivity contribution in [3.05, 3.63) is 46.2 Å². The van der Waals surface area contributed by atoms with E-state index in [-0.39, 0.29) is 0 Å². The fourth-order valence-corrected chi connectivity index (χ4v) is 4.07. The van der Waals surface area contributed by atoms with Gasteiger partial charge >= 0.3 is 0 Å². The quantitative estimate of drug-likeness (QED) is 0.903. The lowest BCUT2D eigenvalue weighted by molar-refractivity contribution is 0.255. The summed E-state index contributed by atoms with van der Waals surface area (Å²) in [6.07, 6.45) is 6.03. The van der Waals surface area contributed by atoms with Crippen LogP contribution in [0.5, 0.6) is 0 Å². The zero-order valence-corrected chi connectivity index (χ0v) is 14.9. The van der Waals surface area contributed by atoms with Crippen LogP contribution in [-0.4, -0.2) is 47.8 Å². The number of benzene rings is 1. The van der Waals surface area contributed by atoms with Crippen LogP contribution in [0.4, 0.5) is 5.69 Å². The van der Waals surface area contributed by atoms with Crippen molar-refractivity contribution in [3.8, 4) is 0 Å². The number of piperazine rings is 1. The van der Waals surface area contributed by atoms with Crippen LogP contribution in [0.15, 0.2) is 24.3 Å². The Balaban J connectivity index is 1.22. The summed E-state index contributed by atoms with van der Waals surface area (Å²) >= 11 is 5.97. The maximum atomic E-state index is 5.97. The zero-order valence-electron chi connectivity index (χ0n) is 14.1. The summed E-state index contributed by atoms with van der Waals surface area (Å²) < 4.78 is 0. The third-order valence-corrected chi connectivity index (χ3v) is 5.60. The maximum Gasteiger partial charge on any atom is 0.0657 e. The van der Waals surface area contributed by atoms with E-state index in [0.29, 0.717) is 0 Å². The first-order valence-electron chi connectivity index (χ1n) is 9.07. The molecule has 0 saturated carbocycles. The molecule has 0 atom stereocenters. The van der Waals surface area contributed by atoms with Gasteiger partial charge < -0.3 is 4.90 Å². The van der Waals surface area contributed by atoms with E-state index in [9.17, 15) is 0 Å². The fourth-order valence-electron chi connectivity index (χ4n) is 3.95. The van der Waals surface area contributed by atoms with Gasteiger partial charge in [0.1, 0.15) is 0 Å². The van der Waals surface area contributed by atoms with Gasteiger partial charge in [-0.25, -0.2) is 0 Å². The highest BCUT2D eigenvalue weighted by Gasteiger charge is 2.19. The molecule has 4 nitrogen and oxygen atoms in total. The second-order valence-electron chi connectivity index (χ2n) is 6.89. The van der Waals surface area contributed by atoms with Gasteiger partial charge in [-0.3, -0.25) is 10.00 Å². The predicted molar refractivity (Wildman–Crippen MR) is 99.0 cm³/mol. The molecule has 1 aliphatic carbocycles. The average Bonchev–Trinajstić information content (AvgIpc) is 3.21. The number of fused-ring (bicyclic) bond motifs is 1. The van der Waals surface area contributed by atoms with Gasteiger partial charge in [0, 0.05) is 42.6 Å². The van der Waals surface area contributed by atoms with E-state index < -0.39 is 0 Å². The Labute approximate surface area is 148 Å². The maximum absolute atomic E-state index is 5.97. The number of hydrogen-bond acceptors (Lipinski definition) is 3. The van der Waals surface area contributed by atoms with Crippen LogP contribution >= 0.6 is 11.6 Å². The summed E-state index contributed by atoms with van der Waals surface area (Å²) in [6.45, 7) is 5.65. The summed E-state index contributed by atoms with van der Waals surface area (Å²) in [5, 5.41) is 8.55. The van der Waals surface area contributed by atoms with Gasteiger partial charge in [-0.15, -0.1) is 0 Å². The lowest BCUT2D eigenvalue weighted by atomic mass is 10.1. The third-order valence-electron chi connectivity index (χ3n) is 5.34. The molecule has 4 rings (SSSR count). The molecule has 0 bridgehead atoms. The van der Waals surface area contributed by atoms with Crippen LogP contribution in [0, 0.1) is 0 Å². The van der Waals surface area contributed by atoms with Crippen LogP contribution in [0.25, 0.3) is 0 Å². The fraction of sp³-hybridized carbons (Fsp3) is 0.526. The van der Waals surface area contributed by atoms with Crippen molar-refractivity contribution in [1.82, 2.24) is 15.1 Å². The van der Waals surface area contributed by atoms with Crippen LogP contribution in [0.2, 0.25) is 5.02 Å². The minimum Gasteiger partial charge on any atom is -0.369 e. The Morgan fingerprint density at radius 3 is 2.62 bits per heavy atom. The molecule has 1 aromatic heterocycles. The first-order valence-corrected chi connectivity index (χ1v) is 9.45. The number of aromatic nitrogens is 2. The van der Waals surface area contributed by atoms with E-state index in [4.69, 9.17) is 11.6 Å². The van der Waals surface area contributed by atoms with E-state index in [2.05, 4.69) is 32.1 Å². The molecule has 0 unspecified atom stereocenters. The van der Waals surface area contributed by atoms with Crippen molar-refractivity contribution in [2.24, 2.45) is 0 Å². The highest BCUT2D eigenvalue weighted by atomic mass is 35.5. The molecule has 1 aliphatic heterocycles. The van der Waals surface area contributed by atoms with E-state index >= 15 is 0 Å². The monoisotopic (exact) mass is 344 g/mol. The van der Waals surface area contributed by atoms with Gasteiger partial charge in [-0.2, -0.15) is 5.10 Å². The first-order chi connectivity index (χ1) is 11.8. The molecule has 1 aromatic carbocycles. The molecule has 5 heteroatoms. The number of nitrogens with zero attached hydrogens (tertiary/aromatic N) is 3. The minimum atomic E-state index is 0.808. The predicted octanol–water partition coefficient (Wildman–Crippen LogP) is 3.31. The number of rotatable bonds is 5. The average molecular weight is 345 g/mol. The van der Waals surface area contributed by atoms with Gasteiger partial charge in [0.05, 0.1) is 5.69 Å². The smallest absolute Gasteiger partial charge is 0.0657 e. The van der Waals surface area contributed by atoms with Crippen LogP contribution in [-0.2, 0) is 19.3 Å². The molecule has 128 valence electrons. The lowest BCUT2D eigenvalue weighted by Gasteiger charge is -2.36. The van der Waals surface area contributed by atoms with E-state index in [1.807, 2.05) is 12.1 Å². The summed E-state index contributed by atoms with van der Waals surface area (Å²) in [7, 11) is 0. The number of aryl methyl sites for hydroxylation is 2. The van der Waals surface area contributed by atoms with Gasteiger partial charge in [-0.1, -0.05) is 11.6 Å². The summed E-state index contributed by atoms with van der Waals surface area (Å²) in [6, 6.07) is 8.20. The molecule has 24 heavy (non-hydrogen) atoms. The van der Waals surface area contributed by atoms with Crippen LogP contribution in [0.3, 0.4) is 0 Å². The topological polar surface area (TPSA) is 35.2 Å². The van der Waals surface area contributed by atoms with Gasteiger partial charge in [-0.05, 0) is 68.5 Å². The summed E-state index contributed by atoms with van der Waals surface area (Å²) in [5.41, 5.74) is 5.51. The Hall–Kier alpha value is -1.52. The van der Waals surface area contributed by atoms with Crippen LogP contribution in [0.1, 0.15) is 29.8 Å². The van der Waals surface area contributed by atoms with Crippen molar-refractivity contribution in [3.63, 3.8) is 0 Å². The second kappa shape index (κ2) is 7.16. The highest BCUT2D eigenvalue weighted by molar-refractivity contribution is 6.30. The van der Waals surface area contributed by atoms with E-state index in [1.54, 1.807) is 0 Å². The summed E-state index contributed by atoms with van der Waals surface area (Å²) in [5.74, 6) is 0. The van der Waals surface area contributed by atoms with Crippen molar-refractivity contribution in [2.45, 2.75) is 32.1 Å². The van der Waals surface area contributed by atoms with Crippen molar-refractivity contribution in [2.75, 3.05) is 37.6 Å². The Morgan fingerprint density at radius 2 is 1.83 bits per heavy atom. The lowest BCUT2D eigenvalue weighted by Crippen LogP contribution is -2.46. The summed E-state index contributed by atoms with van der Waals surface area (Å²) in [4.78, 5) is 5.03. The molecule has 2 aliphatic rings. The number of H-pyrrole nitrogens is 1. The van der Waals surface area contributed by atoms with Crippen molar-refractivity contribution in [1.29, 1.82) is 0 Å². The van der Waals surface area contributed by atoms with Crippen LogP contribution < -0.4 is 4.90 Å². The first kappa shape index (κ1) is 16.0. The molecular formula is C19H25ClN4. The molecule has 0 radical (unpaired) electrons. The largest absolute Gasteiger partial charge is 0.369 e. The SMILES string of the molecule is Clc1ccc(N2CCN(CCCc3n[nH]c4c3CCC4)CC2)cc1. The van der Waals surface area contributed by atoms with E-state index in [1.165, 1.54) is 54.9 Å². The highest BCUT2D eigenvalue weighted by Crippen LogP contribution is 2.24. The minimum absolute atomic E-state index is 0.808.